The molecule has 8 heteroatoms. The Kier molecular flexibility index (Phi) is 7.95. The summed E-state index contributed by atoms with van der Waals surface area (Å²) >= 11 is 0. The summed E-state index contributed by atoms with van der Waals surface area (Å²) in [6, 6.07) is 8.14. The number of carboxylic acid groups (broad SMARTS) is 1. The molecule has 0 saturated carbocycles. The molecule has 1 saturated heterocycles. The number of aliphatic carboxylic acids is 1. The zero-order valence-corrected chi connectivity index (χ0v) is 21.9. The molecule has 37 heavy (non-hydrogen) atoms. The van der Waals surface area contributed by atoms with Gasteiger partial charge in [-0.1, -0.05) is 26.0 Å². The fourth-order valence-corrected chi connectivity index (χ4v) is 4.65. The number of hydrogen-bond acceptors (Lipinski definition) is 6. The molecule has 1 aromatic carbocycles. The zero-order valence-electron chi connectivity index (χ0n) is 21.9. The van der Waals surface area contributed by atoms with Gasteiger partial charge in [-0.15, -0.1) is 0 Å². The molecule has 0 aliphatic carbocycles. The Balaban J connectivity index is 1.64. The van der Waals surface area contributed by atoms with Crippen molar-refractivity contribution in [2.45, 2.75) is 46.5 Å². The van der Waals surface area contributed by atoms with Crippen LogP contribution in [0.3, 0.4) is 0 Å². The van der Waals surface area contributed by atoms with Crippen LogP contribution in [0.15, 0.2) is 42.7 Å². The molecule has 1 aliphatic rings. The monoisotopic (exact) mass is 507 g/mol. The van der Waals surface area contributed by atoms with E-state index in [1.54, 1.807) is 31.6 Å². The topological polar surface area (TPSA) is 84.8 Å². The first-order valence-corrected chi connectivity index (χ1v) is 12.5. The Labute approximate surface area is 217 Å². The van der Waals surface area contributed by atoms with Gasteiger partial charge in [-0.3, -0.25) is 14.8 Å². The standard InChI is InChI=1S/C29H34FN3O4/c1-19-22(15-27(34)35)28(33-12-10-29(2,3)11-13-33)23(17-31-19)24-16-25(36-4)26(18-32-24)37-14-9-20-5-7-21(30)8-6-20/h5-8,16-18H,9-15H2,1-4H3,(H,34,35). The second-order valence-electron chi connectivity index (χ2n) is 10.3. The number of halogens is 1. The second-order valence-corrected chi connectivity index (χ2v) is 10.3. The van der Waals surface area contributed by atoms with E-state index in [-0.39, 0.29) is 17.7 Å². The number of pyridine rings is 2. The molecule has 1 aliphatic heterocycles. The van der Waals surface area contributed by atoms with Crippen LogP contribution >= 0.6 is 0 Å². The minimum absolute atomic E-state index is 0.108. The lowest BCUT2D eigenvalue weighted by atomic mass is 9.82. The van der Waals surface area contributed by atoms with Gasteiger partial charge in [0.1, 0.15) is 5.82 Å². The van der Waals surface area contributed by atoms with Crippen molar-refractivity contribution >= 4 is 11.7 Å². The summed E-state index contributed by atoms with van der Waals surface area (Å²) in [5, 5.41) is 9.64. The van der Waals surface area contributed by atoms with Crippen molar-refractivity contribution in [2.24, 2.45) is 5.41 Å². The van der Waals surface area contributed by atoms with Gasteiger partial charge in [0.15, 0.2) is 11.5 Å². The lowest BCUT2D eigenvalue weighted by Gasteiger charge is -2.40. The van der Waals surface area contributed by atoms with Crippen molar-refractivity contribution in [1.82, 2.24) is 9.97 Å². The van der Waals surface area contributed by atoms with Gasteiger partial charge in [0.25, 0.3) is 0 Å². The molecule has 0 spiro atoms. The third-order valence-electron chi connectivity index (χ3n) is 7.02. The molecule has 4 rings (SSSR count). The van der Waals surface area contributed by atoms with E-state index in [1.807, 2.05) is 13.0 Å². The number of carbonyl (C=O) groups is 1. The van der Waals surface area contributed by atoms with E-state index in [0.29, 0.717) is 41.5 Å². The van der Waals surface area contributed by atoms with Gasteiger partial charge in [0, 0.05) is 48.6 Å². The molecule has 0 amide bonds. The Hall–Kier alpha value is -3.68. The summed E-state index contributed by atoms with van der Waals surface area (Å²) in [6.07, 6.45) is 5.92. The Morgan fingerprint density at radius 2 is 1.81 bits per heavy atom. The third-order valence-corrected chi connectivity index (χ3v) is 7.02. The van der Waals surface area contributed by atoms with Crippen LogP contribution in [-0.4, -0.2) is 47.8 Å². The molecule has 1 fully saturated rings. The molecule has 1 N–H and O–H groups in total. The number of ether oxygens (including phenoxy) is 2. The van der Waals surface area contributed by atoms with Gasteiger partial charge in [0.2, 0.25) is 0 Å². The first-order chi connectivity index (χ1) is 17.7. The van der Waals surface area contributed by atoms with Crippen molar-refractivity contribution in [3.63, 3.8) is 0 Å². The maximum absolute atomic E-state index is 13.1. The van der Waals surface area contributed by atoms with Crippen LogP contribution in [0.1, 0.15) is 43.5 Å². The fourth-order valence-electron chi connectivity index (χ4n) is 4.65. The van der Waals surface area contributed by atoms with Crippen molar-refractivity contribution in [3.05, 3.63) is 65.4 Å². The van der Waals surface area contributed by atoms with Gasteiger partial charge in [-0.2, -0.15) is 0 Å². The van der Waals surface area contributed by atoms with E-state index in [4.69, 9.17) is 9.47 Å². The summed E-state index contributed by atoms with van der Waals surface area (Å²) in [4.78, 5) is 23.2. The molecule has 0 bridgehead atoms. The molecule has 0 radical (unpaired) electrons. The van der Waals surface area contributed by atoms with Crippen molar-refractivity contribution in [1.29, 1.82) is 0 Å². The Bertz CT molecular complexity index is 1250. The maximum atomic E-state index is 13.1. The number of rotatable bonds is 9. The van der Waals surface area contributed by atoms with Crippen LogP contribution in [0.25, 0.3) is 11.3 Å². The molecule has 0 unspecified atom stereocenters. The summed E-state index contributed by atoms with van der Waals surface area (Å²) in [5.74, 6) is -0.136. The average Bonchev–Trinajstić information content (AvgIpc) is 2.86. The van der Waals surface area contributed by atoms with Crippen LogP contribution in [0.5, 0.6) is 11.5 Å². The minimum Gasteiger partial charge on any atom is -0.493 e. The molecule has 0 atom stereocenters. The number of benzene rings is 1. The van der Waals surface area contributed by atoms with E-state index >= 15 is 0 Å². The van der Waals surface area contributed by atoms with E-state index < -0.39 is 5.97 Å². The minimum atomic E-state index is -0.893. The van der Waals surface area contributed by atoms with E-state index in [2.05, 4.69) is 28.7 Å². The summed E-state index contributed by atoms with van der Waals surface area (Å²) in [7, 11) is 1.57. The number of piperidine rings is 1. The number of anilines is 1. The third kappa shape index (κ3) is 6.37. The summed E-state index contributed by atoms with van der Waals surface area (Å²) < 4.78 is 24.7. The highest BCUT2D eigenvalue weighted by atomic mass is 19.1. The van der Waals surface area contributed by atoms with Gasteiger partial charge in [0.05, 0.1) is 37.7 Å². The lowest BCUT2D eigenvalue weighted by Crippen LogP contribution is -2.38. The molecule has 2 aromatic heterocycles. The van der Waals surface area contributed by atoms with Crippen LogP contribution in [0, 0.1) is 18.2 Å². The number of aryl methyl sites for hydroxylation is 1. The molecular weight excluding hydrogens is 473 g/mol. The average molecular weight is 508 g/mol. The van der Waals surface area contributed by atoms with Crippen molar-refractivity contribution in [3.8, 4) is 22.8 Å². The molecule has 3 aromatic rings. The predicted molar refractivity (Wildman–Crippen MR) is 141 cm³/mol. The number of carboxylic acids is 1. The second kappa shape index (κ2) is 11.2. The molecule has 7 nitrogen and oxygen atoms in total. The zero-order chi connectivity index (χ0) is 26.6. The SMILES string of the molecule is COc1cc(-c2cnc(C)c(CC(=O)O)c2N2CCC(C)(C)CC2)ncc1OCCc1ccc(F)cc1. The Morgan fingerprint density at radius 3 is 2.46 bits per heavy atom. The summed E-state index contributed by atoms with van der Waals surface area (Å²) in [5.41, 5.74) is 4.93. The smallest absolute Gasteiger partial charge is 0.307 e. The van der Waals surface area contributed by atoms with Gasteiger partial charge in [-0.25, -0.2) is 4.39 Å². The van der Waals surface area contributed by atoms with Gasteiger partial charge < -0.3 is 19.5 Å². The Morgan fingerprint density at radius 1 is 1.11 bits per heavy atom. The van der Waals surface area contributed by atoms with Crippen molar-refractivity contribution < 1.29 is 23.8 Å². The van der Waals surface area contributed by atoms with Crippen LogP contribution < -0.4 is 14.4 Å². The number of hydrogen-bond donors (Lipinski definition) is 1. The van der Waals surface area contributed by atoms with Gasteiger partial charge in [-0.05, 0) is 42.9 Å². The first kappa shape index (κ1) is 26.4. The predicted octanol–water partition coefficient (Wildman–Crippen LogP) is 5.47. The first-order valence-electron chi connectivity index (χ1n) is 12.5. The number of aromatic nitrogens is 2. The largest absolute Gasteiger partial charge is 0.493 e. The molecular formula is C29H34FN3O4. The van der Waals surface area contributed by atoms with Gasteiger partial charge >= 0.3 is 5.97 Å². The number of methoxy groups -OCH3 is 1. The van der Waals surface area contributed by atoms with E-state index in [1.165, 1.54) is 12.1 Å². The van der Waals surface area contributed by atoms with Crippen LogP contribution in [0.4, 0.5) is 10.1 Å². The summed E-state index contributed by atoms with van der Waals surface area (Å²) in [6.45, 7) is 8.43. The van der Waals surface area contributed by atoms with Crippen LogP contribution in [-0.2, 0) is 17.6 Å². The molecule has 3 heterocycles. The highest BCUT2D eigenvalue weighted by Crippen LogP contribution is 2.41. The quantitative estimate of drug-likeness (QED) is 0.411. The van der Waals surface area contributed by atoms with E-state index in [0.717, 1.165) is 42.7 Å². The normalized spacial score (nSPS) is 14.9. The highest BCUT2D eigenvalue weighted by molar-refractivity contribution is 5.83. The highest BCUT2D eigenvalue weighted by Gasteiger charge is 2.29. The lowest BCUT2D eigenvalue weighted by molar-refractivity contribution is -0.136. The van der Waals surface area contributed by atoms with Crippen molar-refractivity contribution in [2.75, 3.05) is 31.7 Å². The maximum Gasteiger partial charge on any atom is 0.307 e. The molecule has 196 valence electrons. The fraction of sp³-hybridized carbons (Fsp3) is 0.414. The van der Waals surface area contributed by atoms with E-state index in [9.17, 15) is 14.3 Å². The number of nitrogens with zero attached hydrogens (tertiary/aromatic N) is 3. The van der Waals surface area contributed by atoms with Crippen LogP contribution in [0.2, 0.25) is 0 Å².